The zero-order chi connectivity index (χ0) is 21.2. The Bertz CT molecular complexity index is 730. The third-order valence-corrected chi connectivity index (χ3v) is 5.92. The highest BCUT2D eigenvalue weighted by Crippen LogP contribution is 2.47. The van der Waals surface area contributed by atoms with Crippen LogP contribution in [0.25, 0.3) is 0 Å². The molecule has 1 aromatic carbocycles. The number of alkyl halides is 3. The maximum absolute atomic E-state index is 14.1. The molecule has 0 N–H and O–H groups in total. The Labute approximate surface area is 169 Å². The zero-order valence-corrected chi connectivity index (χ0v) is 16.9. The summed E-state index contributed by atoms with van der Waals surface area (Å²) in [4.78, 5) is 29.8. The van der Waals surface area contributed by atoms with Crippen LogP contribution in [0.4, 0.5) is 13.2 Å². The number of likely N-dealkylation sites (tertiary alicyclic amines) is 1. The van der Waals surface area contributed by atoms with Crippen LogP contribution < -0.4 is 0 Å². The first-order valence-electron chi connectivity index (χ1n) is 10.1. The van der Waals surface area contributed by atoms with E-state index in [1.807, 2.05) is 30.3 Å². The van der Waals surface area contributed by atoms with Gasteiger partial charge in [0, 0.05) is 45.2 Å². The summed E-state index contributed by atoms with van der Waals surface area (Å²) in [6.07, 6.45) is -4.84. The van der Waals surface area contributed by atoms with Crippen molar-refractivity contribution in [3.8, 4) is 0 Å². The second kappa shape index (κ2) is 8.34. The van der Waals surface area contributed by atoms with Gasteiger partial charge in [0.1, 0.15) is 0 Å². The maximum Gasteiger partial charge on any atom is 0.404 e. The van der Waals surface area contributed by atoms with Crippen LogP contribution in [0, 0.1) is 11.3 Å². The smallest absolute Gasteiger partial charge is 0.339 e. The second-order valence-electron chi connectivity index (χ2n) is 8.30. The van der Waals surface area contributed by atoms with Crippen LogP contribution in [-0.2, 0) is 16.1 Å². The number of carbonyl (C=O) groups is 2. The molecule has 2 fully saturated rings. The lowest BCUT2D eigenvalue weighted by Gasteiger charge is -2.40. The highest BCUT2D eigenvalue weighted by molar-refractivity contribution is 5.85. The number of halogens is 3. The Morgan fingerprint density at radius 1 is 1.00 bits per heavy atom. The van der Waals surface area contributed by atoms with Gasteiger partial charge in [-0.05, 0) is 18.5 Å². The van der Waals surface area contributed by atoms with E-state index in [4.69, 9.17) is 0 Å². The molecule has 0 aliphatic carbocycles. The minimum absolute atomic E-state index is 0.0301. The van der Waals surface area contributed by atoms with E-state index in [9.17, 15) is 22.8 Å². The molecular formula is C21H28F3N3O2. The molecule has 3 rings (SSSR count). The Hall–Kier alpha value is -2.09. The quantitative estimate of drug-likeness (QED) is 0.765. The maximum atomic E-state index is 14.1. The first kappa shape index (κ1) is 21.6. The van der Waals surface area contributed by atoms with Gasteiger partial charge in [-0.1, -0.05) is 44.2 Å². The van der Waals surface area contributed by atoms with E-state index in [1.165, 1.54) is 4.90 Å². The van der Waals surface area contributed by atoms with Gasteiger partial charge in [-0.3, -0.25) is 14.5 Å². The molecular weight excluding hydrogens is 383 g/mol. The Balaban J connectivity index is 1.70. The summed E-state index contributed by atoms with van der Waals surface area (Å²) < 4.78 is 42.3. The van der Waals surface area contributed by atoms with Gasteiger partial charge in [0.15, 0.2) is 5.41 Å². The SMILES string of the molecule is CC(C)C(=O)N1CCN(C(=O)C2(C(F)(F)F)CCN(Cc3ccccc3)C2)CC1. The van der Waals surface area contributed by atoms with Gasteiger partial charge < -0.3 is 9.80 Å². The van der Waals surface area contributed by atoms with Gasteiger partial charge in [0.2, 0.25) is 11.8 Å². The Kier molecular flexibility index (Phi) is 6.22. The van der Waals surface area contributed by atoms with Crippen molar-refractivity contribution < 1.29 is 22.8 Å². The molecule has 0 aromatic heterocycles. The molecule has 0 spiro atoms. The Morgan fingerprint density at radius 2 is 1.59 bits per heavy atom. The summed E-state index contributed by atoms with van der Waals surface area (Å²) in [5.74, 6) is -1.05. The van der Waals surface area contributed by atoms with E-state index >= 15 is 0 Å². The molecule has 2 heterocycles. The van der Waals surface area contributed by atoms with E-state index in [2.05, 4.69) is 0 Å². The van der Waals surface area contributed by atoms with Crippen molar-refractivity contribution in [2.24, 2.45) is 11.3 Å². The van der Waals surface area contributed by atoms with Gasteiger partial charge >= 0.3 is 6.18 Å². The van der Waals surface area contributed by atoms with Crippen LogP contribution in [0.2, 0.25) is 0 Å². The number of benzene rings is 1. The van der Waals surface area contributed by atoms with Crippen molar-refractivity contribution in [3.05, 3.63) is 35.9 Å². The summed E-state index contributed by atoms with van der Waals surface area (Å²) >= 11 is 0. The molecule has 29 heavy (non-hydrogen) atoms. The van der Waals surface area contributed by atoms with Crippen LogP contribution in [-0.4, -0.2) is 72.0 Å². The van der Waals surface area contributed by atoms with Crippen LogP contribution >= 0.6 is 0 Å². The second-order valence-corrected chi connectivity index (χ2v) is 8.30. The van der Waals surface area contributed by atoms with Crippen molar-refractivity contribution in [1.29, 1.82) is 0 Å². The zero-order valence-electron chi connectivity index (χ0n) is 16.9. The van der Waals surface area contributed by atoms with Crippen molar-refractivity contribution in [2.45, 2.75) is 33.0 Å². The lowest BCUT2D eigenvalue weighted by molar-refractivity contribution is -0.224. The number of piperazine rings is 1. The lowest BCUT2D eigenvalue weighted by atomic mass is 9.84. The molecule has 2 saturated heterocycles. The van der Waals surface area contributed by atoms with Crippen molar-refractivity contribution >= 4 is 11.8 Å². The largest absolute Gasteiger partial charge is 0.404 e. The molecule has 8 heteroatoms. The summed E-state index contributed by atoms with van der Waals surface area (Å²) in [5.41, 5.74) is -1.44. The minimum Gasteiger partial charge on any atom is -0.339 e. The van der Waals surface area contributed by atoms with Gasteiger partial charge in [-0.25, -0.2) is 0 Å². The Morgan fingerprint density at radius 3 is 2.14 bits per heavy atom. The van der Waals surface area contributed by atoms with E-state index in [1.54, 1.807) is 23.6 Å². The lowest BCUT2D eigenvalue weighted by Crippen LogP contribution is -2.59. The molecule has 1 aromatic rings. The normalized spacial score (nSPS) is 23.7. The number of hydrogen-bond donors (Lipinski definition) is 0. The molecule has 2 aliphatic rings. The predicted octanol–water partition coefficient (Wildman–Crippen LogP) is 2.77. The van der Waals surface area contributed by atoms with Crippen LogP contribution in [0.1, 0.15) is 25.8 Å². The fourth-order valence-corrected chi connectivity index (χ4v) is 4.19. The third-order valence-electron chi connectivity index (χ3n) is 5.92. The first-order valence-corrected chi connectivity index (χ1v) is 10.1. The van der Waals surface area contributed by atoms with Crippen molar-refractivity contribution in [1.82, 2.24) is 14.7 Å². The molecule has 160 valence electrons. The number of hydrogen-bond acceptors (Lipinski definition) is 3. The first-order chi connectivity index (χ1) is 13.6. The molecule has 0 saturated carbocycles. The number of nitrogens with zero attached hydrogens (tertiary/aromatic N) is 3. The average molecular weight is 411 g/mol. The molecule has 0 bridgehead atoms. The monoisotopic (exact) mass is 411 g/mol. The highest BCUT2D eigenvalue weighted by atomic mass is 19.4. The summed E-state index contributed by atoms with van der Waals surface area (Å²) in [6, 6.07) is 9.32. The molecule has 5 nitrogen and oxygen atoms in total. The van der Waals surface area contributed by atoms with Gasteiger partial charge in [-0.15, -0.1) is 0 Å². The predicted molar refractivity (Wildman–Crippen MR) is 103 cm³/mol. The summed E-state index contributed by atoms with van der Waals surface area (Å²) in [5, 5.41) is 0. The number of amides is 2. The van der Waals surface area contributed by atoms with Crippen molar-refractivity contribution in [3.63, 3.8) is 0 Å². The van der Waals surface area contributed by atoms with Gasteiger partial charge in [-0.2, -0.15) is 13.2 Å². The van der Waals surface area contributed by atoms with Gasteiger partial charge in [0.05, 0.1) is 0 Å². The van der Waals surface area contributed by atoms with Crippen molar-refractivity contribution in [2.75, 3.05) is 39.3 Å². The minimum atomic E-state index is -4.61. The van der Waals surface area contributed by atoms with E-state index in [0.29, 0.717) is 6.54 Å². The van der Waals surface area contributed by atoms with Crippen LogP contribution in [0.3, 0.4) is 0 Å². The molecule has 2 aliphatic heterocycles. The number of rotatable bonds is 4. The van der Waals surface area contributed by atoms with E-state index in [0.717, 1.165) is 5.56 Å². The molecule has 1 unspecified atom stereocenters. The highest BCUT2D eigenvalue weighted by Gasteiger charge is 2.64. The molecule has 0 radical (unpaired) electrons. The topological polar surface area (TPSA) is 43.9 Å². The van der Waals surface area contributed by atoms with E-state index < -0.39 is 17.5 Å². The fraction of sp³-hybridized carbons (Fsp3) is 0.619. The average Bonchev–Trinajstić information content (AvgIpc) is 3.13. The fourth-order valence-electron chi connectivity index (χ4n) is 4.19. The van der Waals surface area contributed by atoms with Gasteiger partial charge in [0.25, 0.3) is 0 Å². The third kappa shape index (κ3) is 4.42. The molecule has 2 amide bonds. The summed E-state index contributed by atoms with van der Waals surface area (Å²) in [6.45, 7) is 4.73. The van der Waals surface area contributed by atoms with E-state index in [-0.39, 0.29) is 57.5 Å². The summed E-state index contributed by atoms with van der Waals surface area (Å²) in [7, 11) is 0. The van der Waals surface area contributed by atoms with Crippen LogP contribution in [0.5, 0.6) is 0 Å². The van der Waals surface area contributed by atoms with Crippen LogP contribution in [0.15, 0.2) is 30.3 Å². The standard InChI is InChI=1S/C21H28F3N3O2/c1-16(2)18(28)26-10-12-27(13-11-26)19(29)20(21(22,23)24)8-9-25(15-20)14-17-6-4-3-5-7-17/h3-7,16H,8-15H2,1-2H3. The molecule has 1 atom stereocenters. The number of carbonyl (C=O) groups excluding carboxylic acids is 2.